The second-order valence-electron chi connectivity index (χ2n) is 8.29. The number of likely N-dealkylation sites (tertiary alicyclic amines) is 1. The van der Waals surface area contributed by atoms with Crippen LogP contribution < -0.4 is 15.2 Å². The van der Waals surface area contributed by atoms with Crippen LogP contribution >= 0.6 is 17.0 Å². The molecular formula is C24H29BrN4O4. The van der Waals surface area contributed by atoms with Gasteiger partial charge in [0.25, 0.3) is 0 Å². The minimum atomic E-state index is -0.0521. The zero-order valence-electron chi connectivity index (χ0n) is 19.0. The number of para-hydroxylation sites is 2. The summed E-state index contributed by atoms with van der Waals surface area (Å²) in [5, 5.41) is 5.37. The van der Waals surface area contributed by atoms with E-state index < -0.39 is 0 Å². The van der Waals surface area contributed by atoms with Crippen LogP contribution in [0.4, 0.5) is 0 Å². The monoisotopic (exact) mass is 516 g/mol. The molecule has 2 aromatic carbocycles. The Hall–Kier alpha value is -2.78. The zero-order valence-corrected chi connectivity index (χ0v) is 20.8. The van der Waals surface area contributed by atoms with Crippen LogP contribution in [0.15, 0.2) is 45.7 Å². The van der Waals surface area contributed by atoms with Gasteiger partial charge in [-0.2, -0.15) is 0 Å². The second-order valence-corrected chi connectivity index (χ2v) is 8.29. The van der Waals surface area contributed by atoms with Gasteiger partial charge >= 0.3 is 5.69 Å². The van der Waals surface area contributed by atoms with Crippen molar-refractivity contribution < 1.29 is 14.0 Å². The molecule has 1 N–H and O–H groups in total. The number of imidazole rings is 1. The molecule has 4 aromatic rings. The van der Waals surface area contributed by atoms with Crippen molar-refractivity contribution in [3.05, 3.63) is 52.6 Å². The van der Waals surface area contributed by atoms with Gasteiger partial charge in [-0.15, -0.1) is 17.0 Å². The number of piperidine rings is 1. The fourth-order valence-electron chi connectivity index (χ4n) is 5.02. The number of ether oxygens (including phenoxy) is 2. The quantitative estimate of drug-likeness (QED) is 0.394. The van der Waals surface area contributed by atoms with Crippen LogP contribution in [0, 0.1) is 0 Å². The zero-order chi connectivity index (χ0) is 22.2. The number of halogens is 1. The van der Waals surface area contributed by atoms with Crippen LogP contribution in [-0.4, -0.2) is 46.9 Å². The number of rotatable bonds is 6. The fourth-order valence-corrected chi connectivity index (χ4v) is 5.02. The average molecular weight is 517 g/mol. The van der Waals surface area contributed by atoms with E-state index in [1.807, 2.05) is 41.0 Å². The molecule has 8 nitrogen and oxygen atoms in total. The third-order valence-corrected chi connectivity index (χ3v) is 6.63. The van der Waals surface area contributed by atoms with Gasteiger partial charge in [-0.25, -0.2) is 4.79 Å². The molecule has 1 unspecified atom stereocenters. The lowest BCUT2D eigenvalue weighted by molar-refractivity contribution is 0.101. The molecule has 0 saturated carbocycles. The minimum Gasteiger partial charge on any atom is -0.493 e. The van der Waals surface area contributed by atoms with Gasteiger partial charge in [-0.3, -0.25) is 9.47 Å². The lowest BCUT2D eigenvalue weighted by atomic mass is 9.91. The molecule has 0 radical (unpaired) electrons. The summed E-state index contributed by atoms with van der Waals surface area (Å²) in [7, 11) is 3.24. The van der Waals surface area contributed by atoms with E-state index in [1.54, 1.807) is 14.2 Å². The molecule has 1 aliphatic heterocycles. The summed E-state index contributed by atoms with van der Waals surface area (Å²) in [4.78, 5) is 18.1. The third kappa shape index (κ3) is 4.04. The first-order chi connectivity index (χ1) is 15.6. The van der Waals surface area contributed by atoms with Gasteiger partial charge < -0.3 is 19.0 Å². The van der Waals surface area contributed by atoms with E-state index in [0.717, 1.165) is 54.5 Å². The van der Waals surface area contributed by atoms with E-state index in [-0.39, 0.29) is 28.8 Å². The number of nitrogens with one attached hydrogen (secondary N) is 1. The van der Waals surface area contributed by atoms with E-state index >= 15 is 0 Å². The predicted octanol–water partition coefficient (Wildman–Crippen LogP) is 4.85. The molecule has 0 aliphatic carbocycles. The molecule has 1 aliphatic rings. The van der Waals surface area contributed by atoms with Crippen molar-refractivity contribution in [2.45, 2.75) is 38.3 Å². The van der Waals surface area contributed by atoms with Crippen molar-refractivity contribution in [2.75, 3.05) is 27.3 Å². The summed E-state index contributed by atoms with van der Waals surface area (Å²) < 4.78 is 18.4. The highest BCUT2D eigenvalue weighted by atomic mass is 79.9. The Bertz CT molecular complexity index is 1300. The summed E-state index contributed by atoms with van der Waals surface area (Å²) in [6.07, 6.45) is 2.78. The fraction of sp³-hybridized carbons (Fsp3) is 0.417. The summed E-state index contributed by atoms with van der Waals surface area (Å²) in [5.41, 5.74) is 3.46. The lowest BCUT2D eigenvalue weighted by Gasteiger charge is -2.37. The van der Waals surface area contributed by atoms with E-state index in [2.05, 4.69) is 22.0 Å². The van der Waals surface area contributed by atoms with Crippen LogP contribution in [-0.2, 0) is 0 Å². The summed E-state index contributed by atoms with van der Waals surface area (Å²) in [6.45, 7) is 3.91. The highest BCUT2D eigenvalue weighted by Crippen LogP contribution is 2.39. The van der Waals surface area contributed by atoms with Crippen LogP contribution in [0.5, 0.6) is 11.5 Å². The maximum Gasteiger partial charge on any atom is 0.327 e. The van der Waals surface area contributed by atoms with E-state index in [1.165, 1.54) is 0 Å². The van der Waals surface area contributed by atoms with Crippen molar-refractivity contribution in [1.82, 2.24) is 19.6 Å². The molecule has 33 heavy (non-hydrogen) atoms. The Kier molecular flexibility index (Phi) is 6.81. The van der Waals surface area contributed by atoms with Crippen molar-refractivity contribution in [2.24, 2.45) is 0 Å². The van der Waals surface area contributed by atoms with Crippen LogP contribution in [0.3, 0.4) is 0 Å². The average Bonchev–Trinajstić information content (AvgIpc) is 3.39. The van der Waals surface area contributed by atoms with Gasteiger partial charge in [0.1, 0.15) is 0 Å². The second kappa shape index (κ2) is 9.61. The van der Waals surface area contributed by atoms with E-state index in [9.17, 15) is 4.79 Å². The highest BCUT2D eigenvalue weighted by Gasteiger charge is 2.30. The Morgan fingerprint density at radius 1 is 1.15 bits per heavy atom. The molecule has 1 saturated heterocycles. The van der Waals surface area contributed by atoms with Crippen molar-refractivity contribution in [3.63, 3.8) is 0 Å². The van der Waals surface area contributed by atoms with Gasteiger partial charge in [0, 0.05) is 30.5 Å². The normalized spacial score (nSPS) is 16.1. The van der Waals surface area contributed by atoms with Crippen molar-refractivity contribution in [3.8, 4) is 11.5 Å². The van der Waals surface area contributed by atoms with Crippen molar-refractivity contribution >= 4 is 39.0 Å². The molecule has 2 aromatic heterocycles. The maximum atomic E-state index is 12.7. The molecule has 1 fully saturated rings. The standard InChI is InChI=1S/C24H28N4O4.BrH/c1-4-22(28-18-8-6-5-7-17(18)25-24(28)29)27-11-9-15(10-12-27)23-16-13-20(30-2)21(31-3)14-19(16)32-26-23;/h5-8,13-15,22H,4,9-12H2,1-3H3,(H,25,29);1H. The number of nitrogens with zero attached hydrogens (tertiary/aromatic N) is 3. The van der Waals surface area contributed by atoms with Gasteiger partial charge in [-0.1, -0.05) is 24.2 Å². The number of benzene rings is 2. The van der Waals surface area contributed by atoms with Crippen LogP contribution in [0.25, 0.3) is 22.0 Å². The topological polar surface area (TPSA) is 85.5 Å². The molecule has 9 heteroatoms. The number of aromatic nitrogens is 3. The molecule has 0 spiro atoms. The first kappa shape index (κ1) is 23.4. The SMILES string of the molecule is Br.CCC(N1CCC(c2noc3cc(OC)c(OC)cc23)CC1)n1c(=O)[nH]c2ccccc21. The van der Waals surface area contributed by atoms with Gasteiger partial charge in [0.05, 0.1) is 37.1 Å². The number of methoxy groups -OCH3 is 2. The predicted molar refractivity (Wildman–Crippen MR) is 133 cm³/mol. The van der Waals surface area contributed by atoms with Gasteiger partial charge in [0.2, 0.25) is 0 Å². The molecule has 0 bridgehead atoms. The third-order valence-electron chi connectivity index (χ3n) is 6.63. The number of H-pyrrole nitrogens is 1. The van der Waals surface area contributed by atoms with E-state index in [0.29, 0.717) is 23.0 Å². The molecule has 1 atom stereocenters. The van der Waals surface area contributed by atoms with E-state index in [4.69, 9.17) is 14.0 Å². The largest absolute Gasteiger partial charge is 0.493 e. The van der Waals surface area contributed by atoms with Crippen molar-refractivity contribution in [1.29, 1.82) is 0 Å². The number of aromatic amines is 1. The molecule has 5 rings (SSSR count). The first-order valence-electron chi connectivity index (χ1n) is 11.1. The van der Waals surface area contributed by atoms with Crippen LogP contribution in [0.1, 0.15) is 44.0 Å². The first-order valence-corrected chi connectivity index (χ1v) is 11.1. The Labute approximate surface area is 202 Å². The summed E-state index contributed by atoms with van der Waals surface area (Å²) in [6, 6.07) is 11.7. The van der Waals surface area contributed by atoms with Crippen LogP contribution in [0.2, 0.25) is 0 Å². The molecule has 3 heterocycles. The maximum absolute atomic E-state index is 12.7. The Morgan fingerprint density at radius 2 is 1.85 bits per heavy atom. The Balaban J connectivity index is 0.00000259. The van der Waals surface area contributed by atoms with Gasteiger partial charge in [-0.05, 0) is 37.5 Å². The highest BCUT2D eigenvalue weighted by molar-refractivity contribution is 8.93. The molecular weight excluding hydrogens is 488 g/mol. The Morgan fingerprint density at radius 3 is 2.55 bits per heavy atom. The summed E-state index contributed by atoms with van der Waals surface area (Å²) in [5.74, 6) is 1.60. The summed E-state index contributed by atoms with van der Waals surface area (Å²) >= 11 is 0. The smallest absolute Gasteiger partial charge is 0.327 e. The number of hydrogen-bond donors (Lipinski definition) is 1. The lowest BCUT2D eigenvalue weighted by Crippen LogP contribution is -2.41. The minimum absolute atomic E-state index is 0. The number of fused-ring (bicyclic) bond motifs is 2. The molecule has 0 amide bonds. The molecule has 176 valence electrons. The number of hydrogen-bond acceptors (Lipinski definition) is 6. The van der Waals surface area contributed by atoms with Gasteiger partial charge in [0.15, 0.2) is 17.1 Å².